The fourth-order valence-electron chi connectivity index (χ4n) is 3.23. The summed E-state index contributed by atoms with van der Waals surface area (Å²) in [6.45, 7) is 2.93. The molecule has 0 saturated heterocycles. The normalized spacial score (nSPS) is 17.1. The molecule has 1 aliphatic rings. The van der Waals surface area contributed by atoms with E-state index in [-0.39, 0.29) is 6.61 Å². The molecular formula is C18H28N2O2. The predicted molar refractivity (Wildman–Crippen MR) is 88.6 cm³/mol. The van der Waals surface area contributed by atoms with Crippen molar-refractivity contribution in [3.63, 3.8) is 0 Å². The van der Waals surface area contributed by atoms with Crippen molar-refractivity contribution < 1.29 is 9.53 Å². The summed E-state index contributed by atoms with van der Waals surface area (Å²) >= 11 is 0. The summed E-state index contributed by atoms with van der Waals surface area (Å²) in [6.07, 6.45) is 8.18. The van der Waals surface area contributed by atoms with Crippen LogP contribution in [0.3, 0.4) is 0 Å². The van der Waals surface area contributed by atoms with Crippen molar-refractivity contribution in [2.75, 3.05) is 6.61 Å². The lowest BCUT2D eigenvalue weighted by Gasteiger charge is -2.25. The summed E-state index contributed by atoms with van der Waals surface area (Å²) in [5.74, 6) is 1.16. The minimum atomic E-state index is -0.451. The van der Waals surface area contributed by atoms with E-state index in [9.17, 15) is 4.79 Å². The first-order valence-corrected chi connectivity index (χ1v) is 8.37. The number of benzene rings is 1. The Morgan fingerprint density at radius 1 is 1.32 bits per heavy atom. The van der Waals surface area contributed by atoms with Gasteiger partial charge in [-0.3, -0.25) is 4.79 Å². The van der Waals surface area contributed by atoms with Gasteiger partial charge >= 0.3 is 0 Å². The molecule has 22 heavy (non-hydrogen) atoms. The molecule has 4 nitrogen and oxygen atoms in total. The number of rotatable bonds is 8. The van der Waals surface area contributed by atoms with E-state index in [0.29, 0.717) is 6.04 Å². The van der Waals surface area contributed by atoms with Gasteiger partial charge in [0.2, 0.25) is 0 Å². The lowest BCUT2D eigenvalue weighted by molar-refractivity contribution is -0.119. The second kappa shape index (κ2) is 8.79. The van der Waals surface area contributed by atoms with Gasteiger partial charge in [0.15, 0.2) is 6.61 Å². The van der Waals surface area contributed by atoms with E-state index in [1.165, 1.54) is 38.5 Å². The van der Waals surface area contributed by atoms with Gasteiger partial charge in [0.05, 0.1) is 0 Å². The van der Waals surface area contributed by atoms with Crippen LogP contribution in [0.25, 0.3) is 0 Å². The molecule has 1 aromatic rings. The second-order valence-electron chi connectivity index (χ2n) is 6.38. The predicted octanol–water partition coefficient (Wildman–Crippen LogP) is 3.00. The highest BCUT2D eigenvalue weighted by Crippen LogP contribution is 2.27. The van der Waals surface area contributed by atoms with E-state index in [1.807, 2.05) is 24.3 Å². The number of amides is 1. The van der Waals surface area contributed by atoms with Crippen LogP contribution in [-0.4, -0.2) is 18.6 Å². The van der Waals surface area contributed by atoms with Crippen molar-refractivity contribution in [3.05, 3.63) is 29.8 Å². The molecule has 0 heterocycles. The minimum absolute atomic E-state index is 0.0748. The zero-order valence-electron chi connectivity index (χ0n) is 13.5. The van der Waals surface area contributed by atoms with Crippen molar-refractivity contribution in [1.82, 2.24) is 5.32 Å². The Morgan fingerprint density at radius 2 is 2.05 bits per heavy atom. The average molecular weight is 304 g/mol. The van der Waals surface area contributed by atoms with Gasteiger partial charge in [-0.15, -0.1) is 0 Å². The molecular weight excluding hydrogens is 276 g/mol. The lowest BCUT2D eigenvalue weighted by Crippen LogP contribution is -2.29. The van der Waals surface area contributed by atoms with Gasteiger partial charge in [0.1, 0.15) is 5.75 Å². The molecule has 4 heteroatoms. The number of nitrogens with one attached hydrogen (secondary N) is 1. The van der Waals surface area contributed by atoms with Crippen molar-refractivity contribution in [1.29, 1.82) is 0 Å². The number of nitrogens with two attached hydrogens (primary N) is 1. The summed E-state index contributed by atoms with van der Waals surface area (Å²) in [5, 5.41) is 3.58. The van der Waals surface area contributed by atoms with E-state index in [1.54, 1.807) is 0 Å². The maximum absolute atomic E-state index is 10.9. The summed E-state index contributed by atoms with van der Waals surface area (Å²) in [7, 11) is 0. The van der Waals surface area contributed by atoms with Gasteiger partial charge in [-0.25, -0.2) is 0 Å². The minimum Gasteiger partial charge on any atom is -0.483 e. The Kier molecular flexibility index (Phi) is 6.72. The molecule has 1 aromatic carbocycles. The summed E-state index contributed by atoms with van der Waals surface area (Å²) in [5.41, 5.74) is 6.21. The molecule has 0 aliphatic heterocycles. The Bertz CT molecular complexity index is 470. The van der Waals surface area contributed by atoms with Crippen LogP contribution in [0.5, 0.6) is 5.75 Å². The number of hydrogen-bond donors (Lipinski definition) is 2. The highest BCUT2D eigenvalue weighted by atomic mass is 16.5. The zero-order chi connectivity index (χ0) is 15.8. The number of para-hydroxylation sites is 1. The monoisotopic (exact) mass is 304 g/mol. The highest BCUT2D eigenvalue weighted by molar-refractivity contribution is 5.75. The smallest absolute Gasteiger partial charge is 0.255 e. The Balaban J connectivity index is 1.81. The molecule has 1 fully saturated rings. The molecule has 0 aromatic heterocycles. The van der Waals surface area contributed by atoms with Crippen LogP contribution in [0.4, 0.5) is 0 Å². The number of primary amides is 1. The summed E-state index contributed by atoms with van der Waals surface area (Å²) in [4.78, 5) is 10.9. The molecule has 1 saturated carbocycles. The van der Waals surface area contributed by atoms with Crippen LogP contribution in [0, 0.1) is 5.92 Å². The first-order valence-electron chi connectivity index (χ1n) is 8.37. The van der Waals surface area contributed by atoms with Gasteiger partial charge in [-0.1, -0.05) is 50.3 Å². The SMILES string of the molecule is CC(CC1CCCCC1)NCc1ccccc1OCC(N)=O. The Hall–Kier alpha value is -1.55. The van der Waals surface area contributed by atoms with E-state index in [4.69, 9.17) is 10.5 Å². The fourth-order valence-corrected chi connectivity index (χ4v) is 3.23. The third-order valence-corrected chi connectivity index (χ3v) is 4.40. The molecule has 0 bridgehead atoms. The summed E-state index contributed by atoms with van der Waals surface area (Å²) < 4.78 is 5.47. The molecule has 0 radical (unpaired) electrons. The van der Waals surface area contributed by atoms with E-state index in [0.717, 1.165) is 23.8 Å². The number of ether oxygens (including phenoxy) is 1. The van der Waals surface area contributed by atoms with Crippen LogP contribution in [-0.2, 0) is 11.3 Å². The molecule has 3 N–H and O–H groups in total. The average Bonchev–Trinajstić information content (AvgIpc) is 2.52. The molecule has 1 amide bonds. The largest absolute Gasteiger partial charge is 0.483 e. The lowest BCUT2D eigenvalue weighted by atomic mass is 9.85. The van der Waals surface area contributed by atoms with Gasteiger partial charge in [0.25, 0.3) is 5.91 Å². The quantitative estimate of drug-likeness (QED) is 0.776. The van der Waals surface area contributed by atoms with Crippen LogP contribution >= 0.6 is 0 Å². The Morgan fingerprint density at radius 3 is 2.77 bits per heavy atom. The van der Waals surface area contributed by atoms with Gasteiger partial charge in [-0.2, -0.15) is 0 Å². The fraction of sp³-hybridized carbons (Fsp3) is 0.611. The molecule has 1 atom stereocenters. The topological polar surface area (TPSA) is 64.3 Å². The van der Waals surface area contributed by atoms with Gasteiger partial charge in [0, 0.05) is 18.2 Å². The molecule has 122 valence electrons. The van der Waals surface area contributed by atoms with Crippen molar-refractivity contribution in [2.24, 2.45) is 11.7 Å². The van der Waals surface area contributed by atoms with Gasteiger partial charge < -0.3 is 15.8 Å². The highest BCUT2D eigenvalue weighted by Gasteiger charge is 2.16. The van der Waals surface area contributed by atoms with Crippen LogP contribution < -0.4 is 15.8 Å². The van der Waals surface area contributed by atoms with E-state index >= 15 is 0 Å². The number of carbonyl (C=O) groups is 1. The Labute approximate surface area is 133 Å². The third kappa shape index (κ3) is 5.68. The van der Waals surface area contributed by atoms with Crippen molar-refractivity contribution >= 4 is 5.91 Å². The molecule has 1 unspecified atom stereocenters. The van der Waals surface area contributed by atoms with Crippen LogP contribution in [0.1, 0.15) is 51.0 Å². The van der Waals surface area contributed by atoms with Crippen LogP contribution in [0.15, 0.2) is 24.3 Å². The maximum Gasteiger partial charge on any atom is 0.255 e. The standard InChI is InChI=1S/C18H28N2O2/c1-14(11-15-7-3-2-4-8-15)20-12-16-9-5-6-10-17(16)22-13-18(19)21/h5-6,9-10,14-15,20H,2-4,7-8,11-13H2,1H3,(H2,19,21). The number of carbonyl (C=O) groups excluding carboxylic acids is 1. The molecule has 1 aliphatic carbocycles. The van der Waals surface area contributed by atoms with Crippen molar-refractivity contribution in [3.8, 4) is 5.75 Å². The third-order valence-electron chi connectivity index (χ3n) is 4.40. The molecule has 0 spiro atoms. The van der Waals surface area contributed by atoms with E-state index < -0.39 is 5.91 Å². The number of hydrogen-bond acceptors (Lipinski definition) is 3. The summed E-state index contributed by atoms with van der Waals surface area (Å²) in [6, 6.07) is 8.29. The van der Waals surface area contributed by atoms with Crippen LogP contribution in [0.2, 0.25) is 0 Å². The maximum atomic E-state index is 10.9. The zero-order valence-corrected chi connectivity index (χ0v) is 13.5. The van der Waals surface area contributed by atoms with Crippen molar-refractivity contribution in [2.45, 2.75) is 58.0 Å². The van der Waals surface area contributed by atoms with E-state index in [2.05, 4.69) is 12.2 Å². The first kappa shape index (κ1) is 16.8. The second-order valence-corrected chi connectivity index (χ2v) is 6.38. The molecule has 2 rings (SSSR count). The first-order chi connectivity index (χ1) is 10.6. The van der Waals surface area contributed by atoms with Gasteiger partial charge in [-0.05, 0) is 25.3 Å².